The molecule has 0 atom stereocenters. The van der Waals surface area contributed by atoms with Crippen molar-refractivity contribution < 1.29 is 9.47 Å². The average molecular weight is 234 g/mol. The van der Waals surface area contributed by atoms with E-state index in [1.807, 2.05) is 17.7 Å². The van der Waals surface area contributed by atoms with E-state index in [0.717, 1.165) is 17.9 Å². The van der Waals surface area contributed by atoms with Gasteiger partial charge in [0.25, 0.3) is 0 Å². The summed E-state index contributed by atoms with van der Waals surface area (Å²) in [6.45, 7) is 2.79. The summed E-state index contributed by atoms with van der Waals surface area (Å²) < 4.78 is 12.0. The lowest BCUT2D eigenvalue weighted by atomic mass is 10.3. The van der Waals surface area contributed by atoms with E-state index in [4.69, 9.17) is 9.47 Å². The maximum absolute atomic E-state index is 5.11. The molecule has 0 amide bonds. The van der Waals surface area contributed by atoms with E-state index in [2.05, 4.69) is 15.1 Å². The molecule has 2 heterocycles. The van der Waals surface area contributed by atoms with E-state index in [9.17, 15) is 0 Å². The minimum atomic E-state index is 0.281. The molecule has 0 aliphatic carbocycles. The number of ether oxygens (including phenoxy) is 2. The molecule has 0 bridgehead atoms. The molecule has 0 N–H and O–H groups in total. The van der Waals surface area contributed by atoms with E-state index < -0.39 is 0 Å². The third-order valence-electron chi connectivity index (χ3n) is 2.35. The van der Waals surface area contributed by atoms with Crippen molar-refractivity contribution in [3.05, 3.63) is 18.3 Å². The molecule has 0 aliphatic rings. The Bertz CT molecular complexity index is 488. The first kappa shape index (κ1) is 11.4. The highest BCUT2D eigenvalue weighted by molar-refractivity contribution is 5.55. The SMILES string of the molecule is CCn1nccc1-c1cc(OC)nc(OC)n1. The molecule has 2 aromatic rings. The largest absolute Gasteiger partial charge is 0.481 e. The van der Waals surface area contributed by atoms with E-state index >= 15 is 0 Å². The van der Waals surface area contributed by atoms with Gasteiger partial charge in [-0.3, -0.25) is 4.68 Å². The smallest absolute Gasteiger partial charge is 0.320 e. The van der Waals surface area contributed by atoms with Crippen molar-refractivity contribution in [2.75, 3.05) is 14.2 Å². The van der Waals surface area contributed by atoms with Crippen LogP contribution in [0.4, 0.5) is 0 Å². The zero-order valence-electron chi connectivity index (χ0n) is 10.0. The van der Waals surface area contributed by atoms with E-state index in [0.29, 0.717) is 5.88 Å². The molecule has 0 saturated heterocycles. The number of nitrogens with zero attached hydrogens (tertiary/aromatic N) is 4. The van der Waals surface area contributed by atoms with Gasteiger partial charge in [-0.05, 0) is 13.0 Å². The number of rotatable bonds is 4. The molecule has 0 spiro atoms. The zero-order valence-corrected chi connectivity index (χ0v) is 10.0. The highest BCUT2D eigenvalue weighted by Crippen LogP contribution is 2.22. The molecule has 0 aromatic carbocycles. The highest BCUT2D eigenvalue weighted by Gasteiger charge is 2.10. The van der Waals surface area contributed by atoms with Crippen LogP contribution in [0.2, 0.25) is 0 Å². The van der Waals surface area contributed by atoms with Crippen LogP contribution >= 0.6 is 0 Å². The van der Waals surface area contributed by atoms with Crippen LogP contribution in [0.1, 0.15) is 6.92 Å². The van der Waals surface area contributed by atoms with Gasteiger partial charge in [0.05, 0.1) is 25.6 Å². The fraction of sp³-hybridized carbons (Fsp3) is 0.364. The average Bonchev–Trinajstić information content (AvgIpc) is 2.86. The van der Waals surface area contributed by atoms with Crippen LogP contribution in [0, 0.1) is 0 Å². The Labute approximate surface area is 99.2 Å². The Morgan fingerprint density at radius 1 is 1.24 bits per heavy atom. The topological polar surface area (TPSA) is 62.1 Å². The molecule has 2 rings (SSSR count). The zero-order chi connectivity index (χ0) is 12.3. The van der Waals surface area contributed by atoms with Crippen LogP contribution in [-0.2, 0) is 6.54 Å². The van der Waals surface area contributed by atoms with E-state index in [1.165, 1.54) is 7.11 Å². The monoisotopic (exact) mass is 234 g/mol. The second-order valence-electron chi connectivity index (χ2n) is 3.31. The molecule has 0 aliphatic heterocycles. The predicted molar refractivity (Wildman–Crippen MR) is 62.0 cm³/mol. The number of aryl methyl sites for hydroxylation is 1. The minimum absolute atomic E-state index is 0.281. The Kier molecular flexibility index (Phi) is 3.22. The Morgan fingerprint density at radius 3 is 2.71 bits per heavy atom. The summed E-state index contributed by atoms with van der Waals surface area (Å²) in [7, 11) is 3.08. The van der Waals surface area contributed by atoms with Gasteiger partial charge in [0, 0.05) is 18.8 Å². The summed E-state index contributed by atoms with van der Waals surface area (Å²) in [6, 6.07) is 3.93. The maximum atomic E-state index is 5.11. The predicted octanol–water partition coefficient (Wildman–Crippen LogP) is 1.38. The number of hydrogen-bond donors (Lipinski definition) is 0. The van der Waals surface area contributed by atoms with Crippen LogP contribution in [-0.4, -0.2) is 34.0 Å². The first-order valence-corrected chi connectivity index (χ1v) is 5.27. The molecule has 6 nitrogen and oxygen atoms in total. The van der Waals surface area contributed by atoms with E-state index in [-0.39, 0.29) is 6.01 Å². The van der Waals surface area contributed by atoms with Gasteiger partial charge in [-0.1, -0.05) is 0 Å². The van der Waals surface area contributed by atoms with Gasteiger partial charge in [0.1, 0.15) is 0 Å². The summed E-state index contributed by atoms with van der Waals surface area (Å²) in [5, 5.41) is 4.20. The normalized spacial score (nSPS) is 10.3. The number of hydrogen-bond acceptors (Lipinski definition) is 5. The van der Waals surface area contributed by atoms with Crippen LogP contribution in [0.25, 0.3) is 11.4 Å². The van der Waals surface area contributed by atoms with Crippen LogP contribution < -0.4 is 9.47 Å². The fourth-order valence-corrected chi connectivity index (χ4v) is 1.53. The lowest BCUT2D eigenvalue weighted by molar-refractivity contribution is 0.352. The first-order chi connectivity index (χ1) is 8.28. The Hall–Kier alpha value is -2.11. The van der Waals surface area contributed by atoms with Gasteiger partial charge in [-0.25, -0.2) is 0 Å². The number of methoxy groups -OCH3 is 2. The molecule has 0 radical (unpaired) electrons. The number of aromatic nitrogens is 4. The second kappa shape index (κ2) is 4.82. The van der Waals surface area contributed by atoms with Crippen molar-refractivity contribution >= 4 is 0 Å². The van der Waals surface area contributed by atoms with Gasteiger partial charge < -0.3 is 9.47 Å². The lowest BCUT2D eigenvalue weighted by Crippen LogP contribution is -2.02. The first-order valence-electron chi connectivity index (χ1n) is 5.27. The second-order valence-corrected chi connectivity index (χ2v) is 3.31. The Balaban J connectivity index is 2.51. The Morgan fingerprint density at radius 2 is 2.06 bits per heavy atom. The van der Waals surface area contributed by atoms with Crippen molar-refractivity contribution in [1.29, 1.82) is 0 Å². The standard InChI is InChI=1S/C11H14N4O2/c1-4-15-9(5-6-12-15)8-7-10(16-2)14-11(13-8)17-3/h5-7H,4H2,1-3H3. The minimum Gasteiger partial charge on any atom is -0.481 e. The van der Waals surface area contributed by atoms with Gasteiger partial charge in [0.15, 0.2) is 0 Å². The molecule has 0 saturated carbocycles. The van der Waals surface area contributed by atoms with Gasteiger partial charge in [-0.2, -0.15) is 15.1 Å². The maximum Gasteiger partial charge on any atom is 0.320 e. The van der Waals surface area contributed by atoms with Crippen molar-refractivity contribution in [3.8, 4) is 23.3 Å². The third kappa shape index (κ3) is 2.20. The van der Waals surface area contributed by atoms with Crippen LogP contribution in [0.3, 0.4) is 0 Å². The van der Waals surface area contributed by atoms with Crippen molar-refractivity contribution in [2.24, 2.45) is 0 Å². The molecular weight excluding hydrogens is 220 g/mol. The molecule has 0 fully saturated rings. The fourth-order valence-electron chi connectivity index (χ4n) is 1.53. The summed E-state index contributed by atoms with van der Waals surface area (Å²) in [6.07, 6.45) is 1.74. The van der Waals surface area contributed by atoms with Crippen molar-refractivity contribution in [3.63, 3.8) is 0 Å². The molecular formula is C11H14N4O2. The molecule has 2 aromatic heterocycles. The van der Waals surface area contributed by atoms with Gasteiger partial charge in [-0.15, -0.1) is 0 Å². The molecule has 6 heteroatoms. The van der Waals surface area contributed by atoms with Gasteiger partial charge >= 0.3 is 6.01 Å². The summed E-state index contributed by atoms with van der Waals surface area (Å²) >= 11 is 0. The molecule has 17 heavy (non-hydrogen) atoms. The summed E-state index contributed by atoms with van der Waals surface area (Å²) in [5.74, 6) is 0.468. The highest BCUT2D eigenvalue weighted by atomic mass is 16.5. The molecule has 0 unspecified atom stereocenters. The van der Waals surface area contributed by atoms with Crippen molar-refractivity contribution in [2.45, 2.75) is 13.5 Å². The summed E-state index contributed by atoms with van der Waals surface area (Å²) in [5.41, 5.74) is 1.64. The lowest BCUT2D eigenvalue weighted by Gasteiger charge is -2.07. The third-order valence-corrected chi connectivity index (χ3v) is 2.35. The van der Waals surface area contributed by atoms with Gasteiger partial charge in [0.2, 0.25) is 5.88 Å². The van der Waals surface area contributed by atoms with Crippen molar-refractivity contribution in [1.82, 2.24) is 19.7 Å². The molecule has 90 valence electrons. The quantitative estimate of drug-likeness (QED) is 0.799. The summed E-state index contributed by atoms with van der Waals surface area (Å²) in [4.78, 5) is 8.33. The van der Waals surface area contributed by atoms with Crippen LogP contribution in [0.15, 0.2) is 18.3 Å². The van der Waals surface area contributed by atoms with Crippen LogP contribution in [0.5, 0.6) is 11.9 Å². The van der Waals surface area contributed by atoms with E-state index in [1.54, 1.807) is 19.4 Å².